The van der Waals surface area contributed by atoms with Crippen LogP contribution in [0.2, 0.25) is 0 Å². The van der Waals surface area contributed by atoms with Gasteiger partial charge in [0.25, 0.3) is 0 Å². The van der Waals surface area contributed by atoms with E-state index in [-0.39, 0.29) is 6.10 Å². The summed E-state index contributed by atoms with van der Waals surface area (Å²) in [4.78, 5) is 6.37. The van der Waals surface area contributed by atoms with E-state index in [0.717, 1.165) is 25.9 Å². The van der Waals surface area contributed by atoms with Crippen molar-refractivity contribution in [1.82, 2.24) is 20.1 Å². The first kappa shape index (κ1) is 18.9. The first-order valence-corrected chi connectivity index (χ1v) is 8.52. The Morgan fingerprint density at radius 3 is 2.68 bits per heavy atom. The van der Waals surface area contributed by atoms with Crippen molar-refractivity contribution in [2.24, 2.45) is 0 Å². The minimum Gasteiger partial charge on any atom is -0.477 e. The maximum atomic E-state index is 6.02. The van der Waals surface area contributed by atoms with E-state index < -0.39 is 0 Å². The largest absolute Gasteiger partial charge is 0.477 e. The zero-order chi connectivity index (χ0) is 17.9. The summed E-state index contributed by atoms with van der Waals surface area (Å²) in [6.45, 7) is 7.87. The van der Waals surface area contributed by atoms with Gasteiger partial charge in [0.15, 0.2) is 0 Å². The number of likely N-dealkylation sites (N-methyl/N-ethyl adjacent to an activating group) is 1. The van der Waals surface area contributed by atoms with Crippen molar-refractivity contribution in [1.29, 1.82) is 0 Å². The number of aromatic nitrogens is 3. The molecule has 0 spiro atoms. The average Bonchev–Trinajstić information content (AvgIpc) is 2.62. The zero-order valence-corrected chi connectivity index (χ0v) is 15.0. The second-order valence-corrected chi connectivity index (χ2v) is 5.81. The Bertz CT molecular complexity index is 619. The molecule has 0 aliphatic rings. The molecule has 134 valence electrons. The molecule has 2 aromatic rings. The molecule has 6 heteroatoms. The lowest BCUT2D eigenvalue weighted by Gasteiger charge is -2.24. The fourth-order valence-corrected chi connectivity index (χ4v) is 2.47. The summed E-state index contributed by atoms with van der Waals surface area (Å²) in [7, 11) is 2.07. The van der Waals surface area contributed by atoms with Gasteiger partial charge in [-0.1, -0.05) is 12.1 Å². The van der Waals surface area contributed by atoms with Gasteiger partial charge in [0.2, 0.25) is 11.8 Å². The average molecular weight is 342 g/mol. The molecule has 6 nitrogen and oxygen atoms in total. The Balaban J connectivity index is 1.93. The minimum atomic E-state index is 0.00640. The number of pyridine rings is 1. The molecule has 0 aliphatic heterocycles. The van der Waals surface area contributed by atoms with Gasteiger partial charge in [-0.2, -0.15) is 0 Å². The van der Waals surface area contributed by atoms with E-state index in [0.29, 0.717) is 18.4 Å². The Kier molecular flexibility index (Phi) is 7.85. The highest BCUT2D eigenvalue weighted by Gasteiger charge is 2.14. The zero-order valence-electron chi connectivity index (χ0n) is 15.0. The van der Waals surface area contributed by atoms with Crippen molar-refractivity contribution in [2.75, 3.05) is 20.2 Å². The number of rotatable bonds is 11. The van der Waals surface area contributed by atoms with E-state index in [1.54, 1.807) is 18.3 Å². The van der Waals surface area contributed by atoms with Crippen molar-refractivity contribution in [2.45, 2.75) is 32.4 Å². The van der Waals surface area contributed by atoms with Gasteiger partial charge in [-0.15, -0.1) is 16.8 Å². The first-order chi connectivity index (χ1) is 12.2. The van der Waals surface area contributed by atoms with E-state index in [1.807, 2.05) is 25.3 Å². The van der Waals surface area contributed by atoms with Crippen molar-refractivity contribution < 1.29 is 9.47 Å². The van der Waals surface area contributed by atoms with Crippen LogP contribution in [0, 0.1) is 0 Å². The molecule has 2 rings (SSSR count). The summed E-state index contributed by atoms with van der Waals surface area (Å²) >= 11 is 0. The molecule has 1 atom stereocenters. The Morgan fingerprint density at radius 1 is 1.24 bits per heavy atom. The van der Waals surface area contributed by atoms with Gasteiger partial charge < -0.3 is 9.47 Å². The Labute approximate surface area is 149 Å². The second-order valence-electron chi connectivity index (χ2n) is 5.81. The minimum absolute atomic E-state index is 0.00640. The Hall–Kier alpha value is -2.47. The third-order valence-electron chi connectivity index (χ3n) is 3.58. The van der Waals surface area contributed by atoms with Crippen LogP contribution in [0.5, 0.6) is 11.8 Å². The van der Waals surface area contributed by atoms with Gasteiger partial charge in [0, 0.05) is 37.6 Å². The molecule has 0 saturated carbocycles. The molecule has 1 unspecified atom stereocenters. The third-order valence-corrected chi connectivity index (χ3v) is 3.58. The van der Waals surface area contributed by atoms with E-state index in [1.165, 1.54) is 5.56 Å². The van der Waals surface area contributed by atoms with E-state index in [2.05, 4.69) is 39.8 Å². The van der Waals surface area contributed by atoms with Gasteiger partial charge in [0.05, 0.1) is 6.61 Å². The van der Waals surface area contributed by atoms with E-state index in [9.17, 15) is 0 Å². The molecule has 0 aromatic carbocycles. The predicted octanol–water partition coefficient (Wildman–Crippen LogP) is 3.12. The summed E-state index contributed by atoms with van der Waals surface area (Å²) < 4.78 is 11.3. The number of nitrogens with zero attached hydrogens (tertiary/aromatic N) is 4. The molecule has 0 N–H and O–H groups in total. The lowest BCUT2D eigenvalue weighted by atomic mass is 10.1. The molecule has 0 saturated heterocycles. The molecule has 0 aliphatic carbocycles. The molecule has 0 radical (unpaired) electrons. The molecule has 0 bridgehead atoms. The molecule has 25 heavy (non-hydrogen) atoms. The summed E-state index contributed by atoms with van der Waals surface area (Å²) in [5.41, 5.74) is 1.17. The van der Waals surface area contributed by atoms with Crippen LogP contribution in [-0.2, 0) is 6.54 Å². The van der Waals surface area contributed by atoms with Crippen LogP contribution in [0.1, 0.15) is 25.3 Å². The normalized spacial score (nSPS) is 12.0. The number of ether oxygens (including phenoxy) is 2. The highest BCUT2D eigenvalue weighted by Crippen LogP contribution is 2.15. The molecular weight excluding hydrogens is 316 g/mol. The van der Waals surface area contributed by atoms with Crippen LogP contribution in [0.4, 0.5) is 0 Å². The lowest BCUT2D eigenvalue weighted by Crippen LogP contribution is -2.33. The van der Waals surface area contributed by atoms with Crippen molar-refractivity contribution in [3.8, 4) is 11.8 Å². The van der Waals surface area contributed by atoms with Crippen molar-refractivity contribution >= 4 is 0 Å². The topological polar surface area (TPSA) is 60.4 Å². The number of allylic oxidation sites excluding steroid dienone is 1. The molecule has 0 fully saturated rings. The van der Waals surface area contributed by atoms with Crippen LogP contribution < -0.4 is 9.47 Å². The fraction of sp³-hybridized carbons (Fsp3) is 0.421. The summed E-state index contributed by atoms with van der Waals surface area (Å²) in [6, 6.07) is 7.58. The SMILES string of the molecule is C=CCCC(CN(C)Cc1cccnc1)Oc1ccc(OCC)nn1. The number of hydrogen-bond donors (Lipinski definition) is 0. The third kappa shape index (κ3) is 6.89. The Morgan fingerprint density at radius 2 is 2.04 bits per heavy atom. The van der Waals surface area contributed by atoms with Gasteiger partial charge in [-0.25, -0.2) is 0 Å². The first-order valence-electron chi connectivity index (χ1n) is 8.52. The lowest BCUT2D eigenvalue weighted by molar-refractivity contribution is 0.130. The maximum Gasteiger partial charge on any atom is 0.233 e. The predicted molar refractivity (Wildman–Crippen MR) is 97.6 cm³/mol. The second kappa shape index (κ2) is 10.4. The molecule has 2 heterocycles. The molecular formula is C19H26N4O2. The monoisotopic (exact) mass is 342 g/mol. The highest BCUT2D eigenvalue weighted by molar-refractivity contribution is 5.15. The maximum absolute atomic E-state index is 6.02. The van der Waals surface area contributed by atoms with Crippen molar-refractivity contribution in [3.63, 3.8) is 0 Å². The van der Waals surface area contributed by atoms with E-state index >= 15 is 0 Å². The fourth-order valence-electron chi connectivity index (χ4n) is 2.47. The number of hydrogen-bond acceptors (Lipinski definition) is 6. The summed E-state index contributed by atoms with van der Waals surface area (Å²) in [5, 5.41) is 8.09. The van der Waals surface area contributed by atoms with Crippen LogP contribution in [0.25, 0.3) is 0 Å². The summed E-state index contributed by atoms with van der Waals surface area (Å²) in [6.07, 6.45) is 7.33. The van der Waals surface area contributed by atoms with Gasteiger partial charge in [-0.05, 0) is 38.4 Å². The highest BCUT2D eigenvalue weighted by atomic mass is 16.5. The quantitative estimate of drug-likeness (QED) is 0.585. The standard InChI is InChI=1S/C19H26N4O2/c1-4-6-9-17(15-23(3)14-16-8-7-12-20-13-16)25-19-11-10-18(21-22-19)24-5-2/h4,7-8,10-13,17H,1,5-6,9,14-15H2,2-3H3. The van der Waals surface area contributed by atoms with Crippen LogP contribution in [-0.4, -0.2) is 46.4 Å². The van der Waals surface area contributed by atoms with Crippen molar-refractivity contribution in [3.05, 3.63) is 54.9 Å². The van der Waals surface area contributed by atoms with Gasteiger partial charge in [-0.3, -0.25) is 9.88 Å². The summed E-state index contributed by atoms with van der Waals surface area (Å²) in [5.74, 6) is 1.01. The van der Waals surface area contributed by atoms with E-state index in [4.69, 9.17) is 9.47 Å². The van der Waals surface area contributed by atoms with Gasteiger partial charge in [0.1, 0.15) is 6.10 Å². The van der Waals surface area contributed by atoms with Crippen LogP contribution >= 0.6 is 0 Å². The molecule has 0 amide bonds. The van der Waals surface area contributed by atoms with Crippen LogP contribution in [0.3, 0.4) is 0 Å². The van der Waals surface area contributed by atoms with Gasteiger partial charge >= 0.3 is 0 Å². The molecule has 2 aromatic heterocycles. The van der Waals surface area contributed by atoms with Crippen LogP contribution in [0.15, 0.2) is 49.3 Å². The smallest absolute Gasteiger partial charge is 0.233 e.